The fourth-order valence-electron chi connectivity index (χ4n) is 3.39. The average molecular weight is 396 g/mol. The number of aromatic nitrogens is 3. The minimum atomic E-state index is -3.36. The Morgan fingerprint density at radius 3 is 2.67 bits per heavy atom. The maximum absolute atomic E-state index is 13.4. The number of fused-ring (bicyclic) bond motifs is 1. The van der Waals surface area contributed by atoms with Gasteiger partial charge in [0.05, 0.1) is 12.3 Å². The van der Waals surface area contributed by atoms with Crippen LogP contribution in [-0.2, 0) is 29.5 Å². The second kappa shape index (κ2) is 8.04. The first-order valence-electron chi connectivity index (χ1n) is 9.09. The maximum Gasteiger partial charge on any atom is 0.209 e. The van der Waals surface area contributed by atoms with Gasteiger partial charge < -0.3 is 4.57 Å². The second-order valence-corrected chi connectivity index (χ2v) is 9.17. The lowest BCUT2D eigenvalue weighted by atomic mass is 10.1. The minimum Gasteiger partial charge on any atom is -0.312 e. The Balaban J connectivity index is 1.76. The van der Waals surface area contributed by atoms with Crippen LogP contribution in [0.5, 0.6) is 0 Å². The Labute approximate surface area is 159 Å². The van der Waals surface area contributed by atoms with Crippen molar-refractivity contribution >= 4 is 10.0 Å². The summed E-state index contributed by atoms with van der Waals surface area (Å²) in [5.74, 6) is 1.32. The third-order valence-electron chi connectivity index (χ3n) is 4.73. The van der Waals surface area contributed by atoms with Crippen LogP contribution in [0, 0.1) is 11.7 Å². The molecule has 0 aliphatic carbocycles. The van der Waals surface area contributed by atoms with Gasteiger partial charge in [-0.3, -0.25) is 4.90 Å². The Kier molecular flexibility index (Phi) is 5.92. The molecule has 0 fully saturated rings. The van der Waals surface area contributed by atoms with Gasteiger partial charge in [0.25, 0.3) is 0 Å². The van der Waals surface area contributed by atoms with Crippen LogP contribution in [0.1, 0.15) is 37.1 Å². The molecule has 7 nitrogen and oxygen atoms in total. The fraction of sp³-hybridized carbons (Fsp3) is 0.556. The van der Waals surface area contributed by atoms with E-state index >= 15 is 0 Å². The number of nitrogens with one attached hydrogen (secondary N) is 1. The van der Waals surface area contributed by atoms with Crippen molar-refractivity contribution in [2.45, 2.75) is 39.4 Å². The van der Waals surface area contributed by atoms with Gasteiger partial charge in [0.15, 0.2) is 5.82 Å². The summed E-state index contributed by atoms with van der Waals surface area (Å²) < 4.78 is 41.6. The zero-order chi connectivity index (χ0) is 19.6. The zero-order valence-corrected chi connectivity index (χ0v) is 16.7. The van der Waals surface area contributed by atoms with E-state index in [1.165, 1.54) is 6.07 Å². The fourth-order valence-corrected chi connectivity index (χ4v) is 4.23. The molecule has 3 rings (SSSR count). The highest BCUT2D eigenvalue weighted by Gasteiger charge is 2.28. The van der Waals surface area contributed by atoms with Crippen molar-refractivity contribution in [2.75, 3.05) is 19.3 Å². The molecule has 0 amide bonds. The molecule has 0 radical (unpaired) electrons. The van der Waals surface area contributed by atoms with Crippen LogP contribution < -0.4 is 4.72 Å². The summed E-state index contributed by atoms with van der Waals surface area (Å²) >= 11 is 0. The summed E-state index contributed by atoms with van der Waals surface area (Å²) in [7, 11) is -3.36. The highest BCUT2D eigenvalue weighted by molar-refractivity contribution is 7.88. The van der Waals surface area contributed by atoms with Crippen LogP contribution in [0.3, 0.4) is 0 Å². The van der Waals surface area contributed by atoms with Crippen LogP contribution >= 0.6 is 0 Å². The summed E-state index contributed by atoms with van der Waals surface area (Å²) in [6.07, 6.45) is 1.87. The van der Waals surface area contributed by atoms with Crippen molar-refractivity contribution in [2.24, 2.45) is 5.92 Å². The molecule has 2 heterocycles. The first-order valence-corrected chi connectivity index (χ1v) is 11.0. The maximum atomic E-state index is 13.4. The molecule has 1 aromatic heterocycles. The number of rotatable bonds is 6. The number of hydrogen-bond donors (Lipinski definition) is 1. The van der Waals surface area contributed by atoms with Gasteiger partial charge in [-0.25, -0.2) is 17.5 Å². The highest BCUT2D eigenvalue weighted by atomic mass is 32.2. The van der Waals surface area contributed by atoms with Crippen molar-refractivity contribution in [3.05, 3.63) is 47.3 Å². The SMILES string of the molecule is CC(C)C(NS(C)(=O)=O)c1nnc2n1CCN(Cc1cccc(F)c1)CC2. The van der Waals surface area contributed by atoms with E-state index in [1.54, 1.807) is 12.1 Å². The molecule has 0 bridgehead atoms. The number of hydrogen-bond acceptors (Lipinski definition) is 5. The topological polar surface area (TPSA) is 80.1 Å². The van der Waals surface area contributed by atoms with Gasteiger partial charge in [-0.1, -0.05) is 26.0 Å². The molecule has 0 saturated carbocycles. The molecule has 1 N–H and O–H groups in total. The number of sulfonamides is 1. The van der Waals surface area contributed by atoms with Gasteiger partial charge in [0.1, 0.15) is 11.6 Å². The van der Waals surface area contributed by atoms with Crippen molar-refractivity contribution in [1.29, 1.82) is 0 Å². The Morgan fingerprint density at radius 1 is 1.22 bits per heavy atom. The molecule has 0 spiro atoms. The molecule has 1 aliphatic heterocycles. The van der Waals surface area contributed by atoms with Crippen LogP contribution in [0.2, 0.25) is 0 Å². The molecule has 1 unspecified atom stereocenters. The van der Waals surface area contributed by atoms with E-state index in [4.69, 9.17) is 0 Å². The lowest BCUT2D eigenvalue weighted by molar-refractivity contribution is 0.268. The summed E-state index contributed by atoms with van der Waals surface area (Å²) in [5, 5.41) is 8.58. The molecule has 0 saturated heterocycles. The normalized spacial score (nSPS) is 16.9. The zero-order valence-electron chi connectivity index (χ0n) is 15.9. The Morgan fingerprint density at radius 2 is 2.00 bits per heavy atom. The van der Waals surface area contributed by atoms with Gasteiger partial charge >= 0.3 is 0 Å². The lowest BCUT2D eigenvalue weighted by Crippen LogP contribution is -2.33. The smallest absolute Gasteiger partial charge is 0.209 e. The Hall–Kier alpha value is -1.84. The van der Waals surface area contributed by atoms with Crippen molar-refractivity contribution in [3.8, 4) is 0 Å². The summed E-state index contributed by atoms with van der Waals surface area (Å²) in [5.41, 5.74) is 0.937. The third-order valence-corrected chi connectivity index (χ3v) is 5.41. The second-order valence-electron chi connectivity index (χ2n) is 7.39. The molecule has 1 aliphatic rings. The summed E-state index contributed by atoms with van der Waals surface area (Å²) in [6.45, 7) is 6.80. The van der Waals surface area contributed by atoms with Crippen LogP contribution in [0.25, 0.3) is 0 Å². The monoisotopic (exact) mass is 395 g/mol. The van der Waals surface area contributed by atoms with Gasteiger partial charge in [-0.15, -0.1) is 10.2 Å². The highest BCUT2D eigenvalue weighted by Crippen LogP contribution is 2.23. The number of benzene rings is 1. The number of nitrogens with zero attached hydrogens (tertiary/aromatic N) is 4. The molecule has 2 aromatic rings. The van der Waals surface area contributed by atoms with E-state index in [0.717, 1.165) is 30.7 Å². The molecule has 1 aromatic carbocycles. The van der Waals surface area contributed by atoms with E-state index < -0.39 is 16.1 Å². The minimum absolute atomic E-state index is 0.0414. The van der Waals surface area contributed by atoms with Gasteiger partial charge in [0.2, 0.25) is 10.0 Å². The average Bonchev–Trinajstić information content (AvgIpc) is 2.86. The van der Waals surface area contributed by atoms with Gasteiger partial charge in [-0.05, 0) is 23.6 Å². The van der Waals surface area contributed by atoms with E-state index in [-0.39, 0.29) is 11.7 Å². The predicted molar refractivity (Wildman–Crippen MR) is 101 cm³/mol. The summed E-state index contributed by atoms with van der Waals surface area (Å²) in [4.78, 5) is 2.25. The molecular weight excluding hydrogens is 369 g/mol. The van der Waals surface area contributed by atoms with Gasteiger partial charge in [-0.2, -0.15) is 0 Å². The third kappa shape index (κ3) is 5.12. The quantitative estimate of drug-likeness (QED) is 0.806. The Bertz CT molecular complexity index is 897. The van der Waals surface area contributed by atoms with E-state index in [0.29, 0.717) is 25.3 Å². The van der Waals surface area contributed by atoms with Crippen molar-refractivity contribution in [1.82, 2.24) is 24.4 Å². The van der Waals surface area contributed by atoms with Crippen LogP contribution in [0.15, 0.2) is 24.3 Å². The molecule has 1 atom stereocenters. The lowest BCUT2D eigenvalue weighted by Gasteiger charge is -2.22. The molecule has 27 heavy (non-hydrogen) atoms. The first-order chi connectivity index (χ1) is 12.7. The largest absolute Gasteiger partial charge is 0.312 e. The van der Waals surface area contributed by atoms with Crippen LogP contribution in [0.4, 0.5) is 4.39 Å². The predicted octanol–water partition coefficient (Wildman–Crippen LogP) is 1.72. The molecular formula is C18H26FN5O2S. The van der Waals surface area contributed by atoms with E-state index in [2.05, 4.69) is 19.8 Å². The standard InChI is InChI=1S/C18H26FN5O2S/c1-13(2)17(22-27(3,25)26)18-21-20-16-7-8-23(9-10-24(16)18)12-14-5-4-6-15(19)11-14/h4-6,11,13,17,22H,7-10,12H2,1-3H3. The number of halogens is 1. The van der Waals surface area contributed by atoms with Gasteiger partial charge in [0, 0.05) is 32.6 Å². The van der Waals surface area contributed by atoms with E-state index in [1.807, 2.05) is 24.5 Å². The van der Waals surface area contributed by atoms with Crippen molar-refractivity contribution < 1.29 is 12.8 Å². The van der Waals surface area contributed by atoms with Crippen LogP contribution in [-0.4, -0.2) is 47.4 Å². The first kappa shape index (κ1) is 19.9. The molecule has 9 heteroatoms. The molecule has 148 valence electrons. The van der Waals surface area contributed by atoms with E-state index in [9.17, 15) is 12.8 Å². The summed E-state index contributed by atoms with van der Waals surface area (Å²) in [6, 6.07) is 6.22. The van der Waals surface area contributed by atoms with Crippen molar-refractivity contribution in [3.63, 3.8) is 0 Å².